The van der Waals surface area contributed by atoms with Gasteiger partial charge >= 0.3 is 0 Å². The van der Waals surface area contributed by atoms with Gasteiger partial charge in [-0.2, -0.15) is 0 Å². The zero-order chi connectivity index (χ0) is 24.2. The number of methoxy groups -OCH3 is 2. The van der Waals surface area contributed by atoms with Crippen LogP contribution in [0.15, 0.2) is 65.6 Å². The van der Waals surface area contributed by atoms with Gasteiger partial charge < -0.3 is 24.3 Å². The molecule has 1 aromatic heterocycles. The van der Waals surface area contributed by atoms with E-state index in [-0.39, 0.29) is 36.9 Å². The molecule has 4 rings (SSSR count). The molecule has 176 valence electrons. The molecule has 1 saturated heterocycles. The molecule has 2 aromatic carbocycles. The number of anilines is 2. The second kappa shape index (κ2) is 10.0. The molecule has 34 heavy (non-hydrogen) atoms. The van der Waals surface area contributed by atoms with Gasteiger partial charge in [0.05, 0.1) is 38.1 Å². The minimum Gasteiger partial charge on any atom is -0.497 e. The van der Waals surface area contributed by atoms with Gasteiger partial charge in [-0.05, 0) is 29.8 Å². The number of benzene rings is 2. The van der Waals surface area contributed by atoms with Crippen LogP contribution in [0.2, 0.25) is 5.02 Å². The van der Waals surface area contributed by atoms with Crippen molar-refractivity contribution in [3.8, 4) is 11.5 Å². The number of ether oxygens (including phenoxy) is 2. The molecule has 8 nitrogen and oxygen atoms in total. The van der Waals surface area contributed by atoms with Gasteiger partial charge in [-0.15, -0.1) is 0 Å². The number of carbonyl (C=O) groups excluding carboxylic acids is 2. The molecular weight excluding hydrogens is 458 g/mol. The highest BCUT2D eigenvalue weighted by Crippen LogP contribution is 2.36. The second-order valence-electron chi connectivity index (χ2n) is 7.91. The summed E-state index contributed by atoms with van der Waals surface area (Å²) in [4.78, 5) is 39.5. The van der Waals surface area contributed by atoms with Gasteiger partial charge in [-0.25, -0.2) is 0 Å². The molecule has 1 unspecified atom stereocenters. The van der Waals surface area contributed by atoms with Crippen LogP contribution in [0, 0.1) is 5.92 Å². The predicted octanol–water partition coefficient (Wildman–Crippen LogP) is 3.56. The van der Waals surface area contributed by atoms with Crippen LogP contribution >= 0.6 is 11.6 Å². The van der Waals surface area contributed by atoms with Crippen molar-refractivity contribution < 1.29 is 19.1 Å². The third-order valence-electron chi connectivity index (χ3n) is 5.72. The van der Waals surface area contributed by atoms with Crippen LogP contribution in [0.4, 0.5) is 11.4 Å². The first-order valence-corrected chi connectivity index (χ1v) is 11.0. The highest BCUT2D eigenvalue weighted by atomic mass is 35.5. The van der Waals surface area contributed by atoms with Gasteiger partial charge in [0.2, 0.25) is 11.8 Å². The molecule has 2 amide bonds. The molecule has 1 atom stereocenters. The summed E-state index contributed by atoms with van der Waals surface area (Å²) in [5.41, 5.74) is 1.62. The van der Waals surface area contributed by atoms with Crippen LogP contribution in [0.5, 0.6) is 11.5 Å². The number of halogens is 1. The predicted molar refractivity (Wildman–Crippen MR) is 130 cm³/mol. The fourth-order valence-corrected chi connectivity index (χ4v) is 4.10. The Kier molecular flexibility index (Phi) is 6.88. The Morgan fingerprint density at radius 3 is 2.62 bits per heavy atom. The maximum absolute atomic E-state index is 13.0. The number of aromatic nitrogens is 1. The van der Waals surface area contributed by atoms with Crippen molar-refractivity contribution in [3.63, 3.8) is 0 Å². The highest BCUT2D eigenvalue weighted by molar-refractivity contribution is 6.31. The lowest BCUT2D eigenvalue weighted by Gasteiger charge is -2.20. The molecule has 1 N–H and O–H groups in total. The van der Waals surface area contributed by atoms with E-state index in [1.165, 1.54) is 17.7 Å². The fraction of sp³-hybridized carbons (Fsp3) is 0.240. The Morgan fingerprint density at radius 2 is 1.88 bits per heavy atom. The van der Waals surface area contributed by atoms with Gasteiger partial charge in [-0.1, -0.05) is 29.8 Å². The summed E-state index contributed by atoms with van der Waals surface area (Å²) in [7, 11) is 3.06. The second-order valence-corrected chi connectivity index (χ2v) is 8.31. The Bertz CT molecular complexity index is 1290. The van der Waals surface area contributed by atoms with E-state index in [0.717, 1.165) is 5.56 Å². The van der Waals surface area contributed by atoms with Crippen molar-refractivity contribution in [2.24, 2.45) is 5.92 Å². The van der Waals surface area contributed by atoms with Gasteiger partial charge in [0, 0.05) is 36.3 Å². The SMILES string of the molecule is COc1ccc(N2CC(C(=O)Nc3ccc(=O)n(Cc4ccccc4Cl)c3)CC2=O)c(OC)c1. The lowest BCUT2D eigenvalue weighted by molar-refractivity contribution is -0.122. The fourth-order valence-electron chi connectivity index (χ4n) is 3.91. The van der Waals surface area contributed by atoms with Crippen molar-refractivity contribution in [1.29, 1.82) is 0 Å². The van der Waals surface area contributed by atoms with Gasteiger partial charge in [-0.3, -0.25) is 14.4 Å². The van der Waals surface area contributed by atoms with Crippen LogP contribution in [-0.4, -0.2) is 37.1 Å². The normalized spacial score (nSPS) is 15.3. The lowest BCUT2D eigenvalue weighted by Crippen LogP contribution is -2.29. The Hall–Kier alpha value is -3.78. The largest absolute Gasteiger partial charge is 0.497 e. The van der Waals surface area contributed by atoms with E-state index in [1.54, 1.807) is 48.5 Å². The first kappa shape index (κ1) is 23.4. The Morgan fingerprint density at radius 1 is 1.09 bits per heavy atom. The summed E-state index contributed by atoms with van der Waals surface area (Å²) in [6.07, 6.45) is 1.64. The minimum absolute atomic E-state index is 0.0697. The number of nitrogens with zero attached hydrogens (tertiary/aromatic N) is 2. The van der Waals surface area contributed by atoms with Crippen molar-refractivity contribution >= 4 is 34.8 Å². The molecule has 0 radical (unpaired) electrons. The Labute approximate surface area is 201 Å². The molecule has 1 aliphatic rings. The van der Waals surface area contributed by atoms with Crippen LogP contribution in [0.1, 0.15) is 12.0 Å². The monoisotopic (exact) mass is 481 g/mol. The smallest absolute Gasteiger partial charge is 0.250 e. The molecular formula is C25H24ClN3O5. The van der Waals surface area contributed by atoms with Crippen LogP contribution in [-0.2, 0) is 16.1 Å². The average molecular weight is 482 g/mol. The third kappa shape index (κ3) is 4.92. The zero-order valence-corrected chi connectivity index (χ0v) is 19.5. The van der Waals surface area contributed by atoms with Crippen molar-refractivity contribution in [2.75, 3.05) is 31.0 Å². The average Bonchev–Trinajstić information content (AvgIpc) is 3.23. The summed E-state index contributed by atoms with van der Waals surface area (Å²) in [5.74, 6) is 0.0655. The van der Waals surface area contributed by atoms with E-state index < -0.39 is 5.92 Å². The quantitative estimate of drug-likeness (QED) is 0.557. The molecule has 0 saturated carbocycles. The number of amides is 2. The van der Waals surface area contributed by atoms with E-state index in [9.17, 15) is 14.4 Å². The molecule has 3 aromatic rings. The number of nitrogens with one attached hydrogen (secondary N) is 1. The van der Waals surface area contributed by atoms with Gasteiger partial charge in [0.25, 0.3) is 5.56 Å². The summed E-state index contributed by atoms with van der Waals surface area (Å²) in [6, 6.07) is 15.4. The number of hydrogen-bond acceptors (Lipinski definition) is 5. The molecule has 0 aliphatic carbocycles. The van der Waals surface area contributed by atoms with Crippen LogP contribution < -0.4 is 25.2 Å². The van der Waals surface area contributed by atoms with E-state index in [4.69, 9.17) is 21.1 Å². The summed E-state index contributed by atoms with van der Waals surface area (Å²) in [6.45, 7) is 0.488. The topological polar surface area (TPSA) is 89.9 Å². The maximum atomic E-state index is 13.0. The maximum Gasteiger partial charge on any atom is 0.250 e. The highest BCUT2D eigenvalue weighted by Gasteiger charge is 2.36. The number of hydrogen-bond donors (Lipinski definition) is 1. The first-order chi connectivity index (χ1) is 16.4. The number of rotatable bonds is 7. The number of pyridine rings is 1. The lowest BCUT2D eigenvalue weighted by atomic mass is 10.1. The molecule has 0 bridgehead atoms. The molecule has 0 spiro atoms. The van der Waals surface area contributed by atoms with Gasteiger partial charge in [0.15, 0.2) is 0 Å². The van der Waals surface area contributed by atoms with E-state index in [2.05, 4.69) is 5.32 Å². The van der Waals surface area contributed by atoms with Gasteiger partial charge in [0.1, 0.15) is 11.5 Å². The van der Waals surface area contributed by atoms with Crippen molar-refractivity contribution in [1.82, 2.24) is 4.57 Å². The van der Waals surface area contributed by atoms with E-state index in [0.29, 0.717) is 27.9 Å². The molecule has 1 fully saturated rings. The molecule has 9 heteroatoms. The third-order valence-corrected chi connectivity index (χ3v) is 6.09. The molecule has 1 aliphatic heterocycles. The van der Waals surface area contributed by atoms with E-state index >= 15 is 0 Å². The minimum atomic E-state index is -0.553. The first-order valence-electron chi connectivity index (χ1n) is 10.7. The Balaban J connectivity index is 1.48. The van der Waals surface area contributed by atoms with Crippen LogP contribution in [0.25, 0.3) is 0 Å². The van der Waals surface area contributed by atoms with Crippen molar-refractivity contribution in [2.45, 2.75) is 13.0 Å². The molecule has 2 heterocycles. The standard InChI is InChI=1S/C25H24ClN3O5/c1-33-19-8-9-21(22(12-19)34-2)29-14-17(11-24(29)31)25(32)27-18-7-10-23(30)28(15-18)13-16-5-3-4-6-20(16)26/h3-10,12,15,17H,11,13-14H2,1-2H3,(H,27,32). The summed E-state index contributed by atoms with van der Waals surface area (Å²) < 4.78 is 12.1. The number of carbonyl (C=O) groups is 2. The summed E-state index contributed by atoms with van der Waals surface area (Å²) >= 11 is 6.22. The zero-order valence-electron chi connectivity index (χ0n) is 18.8. The van der Waals surface area contributed by atoms with Crippen LogP contribution in [0.3, 0.4) is 0 Å². The van der Waals surface area contributed by atoms with Crippen molar-refractivity contribution in [3.05, 3.63) is 81.7 Å². The summed E-state index contributed by atoms with van der Waals surface area (Å²) in [5, 5.41) is 3.39. The van der Waals surface area contributed by atoms with E-state index in [1.807, 2.05) is 18.2 Å².